The highest BCUT2D eigenvalue weighted by Crippen LogP contribution is 2.60. The minimum Gasteiger partial charge on any atom is -0.491 e. The molecule has 10 nitrogen and oxygen atoms in total. The Balaban J connectivity index is 1.20. The number of carbonyl (C=O) groups excluding carboxylic acids is 2. The quantitative estimate of drug-likeness (QED) is 0.234. The minimum atomic E-state index is -3.02. The second-order valence-electron chi connectivity index (χ2n) is 14.4. The predicted octanol–water partition coefficient (Wildman–Crippen LogP) is 5.29. The summed E-state index contributed by atoms with van der Waals surface area (Å²) >= 11 is 3.61. The summed E-state index contributed by atoms with van der Waals surface area (Å²) in [6.45, 7) is 6.11. The van der Waals surface area contributed by atoms with Crippen LogP contribution in [-0.2, 0) is 39.4 Å². The average Bonchev–Trinajstić information content (AvgIpc) is 3.53. The standard InChI is InChI=1S/C39H42BrN3O7Si/c1-24-36(51(3,4)48)34(20-35(45)42-22-27-9-6-5-8-26(27)18-30(42)23-44)50-39(24)31-19-28(40)13-16-32(31)43(38(39)47)21-25-11-14-29(15-12-25)41-17-7-10-33(49-2)37(41)46/h5-17,19,24,30,34,36,44,48H,18,20-23H2,1-4H3/t24-,30-,34+,36-,39+/m0/s1. The number of aliphatic hydroxyl groups excluding tert-OH is 1. The lowest BCUT2D eigenvalue weighted by atomic mass is 9.82. The first-order valence-corrected chi connectivity index (χ1v) is 21.0. The molecule has 0 aliphatic carbocycles. The van der Waals surface area contributed by atoms with Crippen LogP contribution in [-0.4, -0.2) is 65.4 Å². The van der Waals surface area contributed by atoms with E-state index >= 15 is 0 Å². The molecule has 4 aromatic rings. The number of fused-ring (bicyclic) bond motifs is 3. The number of carbonyl (C=O) groups is 2. The van der Waals surface area contributed by atoms with Gasteiger partial charge in [-0.3, -0.25) is 19.0 Å². The van der Waals surface area contributed by atoms with Gasteiger partial charge in [-0.15, -0.1) is 0 Å². The van der Waals surface area contributed by atoms with E-state index in [0.29, 0.717) is 29.9 Å². The van der Waals surface area contributed by atoms with Gasteiger partial charge in [0.25, 0.3) is 11.5 Å². The Hall–Kier alpha value is -4.07. The van der Waals surface area contributed by atoms with E-state index in [4.69, 9.17) is 9.47 Å². The molecule has 4 heterocycles. The van der Waals surface area contributed by atoms with Crippen molar-refractivity contribution in [3.63, 3.8) is 0 Å². The van der Waals surface area contributed by atoms with Crippen molar-refractivity contribution in [1.29, 1.82) is 0 Å². The first-order valence-electron chi connectivity index (χ1n) is 17.2. The van der Waals surface area contributed by atoms with Crippen molar-refractivity contribution in [2.24, 2.45) is 5.92 Å². The first kappa shape index (κ1) is 35.3. The van der Waals surface area contributed by atoms with E-state index in [9.17, 15) is 24.3 Å². The van der Waals surface area contributed by atoms with Crippen LogP contribution in [0.1, 0.15) is 35.6 Å². The van der Waals surface area contributed by atoms with Crippen LogP contribution >= 0.6 is 15.9 Å². The Morgan fingerprint density at radius 3 is 2.45 bits per heavy atom. The molecule has 0 radical (unpaired) electrons. The molecular weight excluding hydrogens is 730 g/mol. The fourth-order valence-corrected chi connectivity index (χ4v) is 11.4. The van der Waals surface area contributed by atoms with Crippen LogP contribution in [0.4, 0.5) is 5.69 Å². The summed E-state index contributed by atoms with van der Waals surface area (Å²) < 4.78 is 14.4. The topological polar surface area (TPSA) is 122 Å². The Labute approximate surface area is 306 Å². The Morgan fingerprint density at radius 2 is 1.76 bits per heavy atom. The zero-order valence-corrected chi connectivity index (χ0v) is 31.7. The molecule has 3 aliphatic rings. The number of aliphatic hydroxyl groups is 1. The molecule has 1 saturated heterocycles. The summed E-state index contributed by atoms with van der Waals surface area (Å²) in [5.74, 6) is -0.613. The molecule has 2 N–H and O–H groups in total. The summed E-state index contributed by atoms with van der Waals surface area (Å²) in [4.78, 5) is 57.0. The van der Waals surface area contributed by atoms with Crippen molar-refractivity contribution in [3.05, 3.63) is 122 Å². The molecule has 266 valence electrons. The Morgan fingerprint density at radius 1 is 1.04 bits per heavy atom. The number of halogens is 1. The number of ether oxygens (including phenoxy) is 2. The van der Waals surface area contributed by atoms with Gasteiger partial charge in [-0.2, -0.15) is 0 Å². The van der Waals surface area contributed by atoms with Gasteiger partial charge in [0.1, 0.15) is 0 Å². The summed E-state index contributed by atoms with van der Waals surface area (Å²) in [7, 11) is -1.56. The van der Waals surface area contributed by atoms with Crippen molar-refractivity contribution >= 4 is 41.7 Å². The van der Waals surface area contributed by atoms with Gasteiger partial charge in [-0.25, -0.2) is 0 Å². The number of hydrogen-bond donors (Lipinski definition) is 2. The molecule has 2 amide bonds. The molecule has 0 unspecified atom stereocenters. The van der Waals surface area contributed by atoms with Crippen LogP contribution in [0, 0.1) is 5.92 Å². The highest BCUT2D eigenvalue weighted by atomic mass is 79.9. The number of pyridine rings is 1. The average molecular weight is 773 g/mol. The van der Waals surface area contributed by atoms with Crippen molar-refractivity contribution in [2.45, 2.75) is 69.2 Å². The molecule has 51 heavy (non-hydrogen) atoms. The van der Waals surface area contributed by atoms with Crippen molar-refractivity contribution in [1.82, 2.24) is 9.47 Å². The predicted molar refractivity (Wildman–Crippen MR) is 199 cm³/mol. The third-order valence-corrected chi connectivity index (χ3v) is 13.9. The Kier molecular flexibility index (Phi) is 9.34. The van der Waals surface area contributed by atoms with E-state index in [-0.39, 0.29) is 48.7 Å². The van der Waals surface area contributed by atoms with Gasteiger partial charge >= 0.3 is 0 Å². The van der Waals surface area contributed by atoms with Gasteiger partial charge in [0.15, 0.2) is 19.7 Å². The molecular formula is C39H42BrN3O7Si. The fourth-order valence-electron chi connectivity index (χ4n) is 8.52. The maximum absolute atomic E-state index is 14.9. The molecule has 12 heteroatoms. The van der Waals surface area contributed by atoms with Crippen LogP contribution in [0.5, 0.6) is 5.75 Å². The fraction of sp³-hybridized carbons (Fsp3) is 0.359. The van der Waals surface area contributed by atoms with Crippen molar-refractivity contribution < 1.29 is 29.0 Å². The van der Waals surface area contributed by atoms with Crippen LogP contribution in [0.2, 0.25) is 18.6 Å². The van der Waals surface area contributed by atoms with Crippen LogP contribution < -0.4 is 15.2 Å². The molecule has 3 aliphatic heterocycles. The maximum atomic E-state index is 14.9. The maximum Gasteiger partial charge on any atom is 0.297 e. The van der Waals surface area contributed by atoms with Crippen molar-refractivity contribution in [2.75, 3.05) is 18.6 Å². The summed E-state index contributed by atoms with van der Waals surface area (Å²) in [5.41, 5.74) is 2.97. The zero-order valence-electron chi connectivity index (χ0n) is 29.1. The van der Waals surface area contributed by atoms with Crippen LogP contribution in [0.3, 0.4) is 0 Å². The van der Waals surface area contributed by atoms with E-state index in [2.05, 4.69) is 15.9 Å². The number of amides is 2. The monoisotopic (exact) mass is 771 g/mol. The highest BCUT2D eigenvalue weighted by molar-refractivity contribution is 9.10. The van der Waals surface area contributed by atoms with E-state index in [0.717, 1.165) is 21.2 Å². The molecule has 3 aromatic carbocycles. The largest absolute Gasteiger partial charge is 0.491 e. The molecule has 1 fully saturated rings. The third kappa shape index (κ3) is 6.06. The number of aromatic nitrogens is 1. The van der Waals surface area contributed by atoms with E-state index < -0.39 is 31.5 Å². The summed E-state index contributed by atoms with van der Waals surface area (Å²) in [5, 5.41) is 10.3. The van der Waals surface area contributed by atoms with Gasteiger partial charge in [0, 0.05) is 39.9 Å². The normalized spacial score (nSPS) is 24.2. The second-order valence-corrected chi connectivity index (χ2v) is 19.3. The Bertz CT molecular complexity index is 2050. The lowest BCUT2D eigenvalue weighted by molar-refractivity contribution is -0.151. The van der Waals surface area contributed by atoms with Crippen LogP contribution in [0.25, 0.3) is 5.69 Å². The third-order valence-electron chi connectivity index (χ3n) is 10.9. The number of hydrogen-bond acceptors (Lipinski definition) is 7. The number of rotatable bonds is 8. The SMILES string of the molecule is COc1cccn(-c2ccc(CN3C(=O)[C@]4(O[C@H](CC(=O)N5Cc6ccccc6C[C@H]5CO)[C@@H]([Si](C)(C)O)[C@@H]4C)c4cc(Br)ccc43)cc2)c1=O. The minimum absolute atomic E-state index is 0.0197. The van der Waals surface area contributed by atoms with Gasteiger partial charge in [0.05, 0.1) is 44.5 Å². The number of methoxy groups -OCH3 is 1. The highest BCUT2D eigenvalue weighted by Gasteiger charge is 2.66. The number of anilines is 1. The van der Waals surface area contributed by atoms with Crippen LogP contribution in [0.15, 0.2) is 94.3 Å². The van der Waals surface area contributed by atoms with Gasteiger partial charge in [-0.05, 0) is 78.7 Å². The lowest BCUT2D eigenvalue weighted by Gasteiger charge is -2.37. The van der Waals surface area contributed by atoms with E-state index in [1.807, 2.05) is 86.7 Å². The van der Waals surface area contributed by atoms with Crippen molar-refractivity contribution in [3.8, 4) is 11.4 Å². The molecule has 0 bridgehead atoms. The van der Waals surface area contributed by atoms with E-state index in [1.54, 1.807) is 28.1 Å². The molecule has 7 rings (SSSR count). The number of nitrogens with zero attached hydrogens (tertiary/aromatic N) is 3. The van der Waals surface area contributed by atoms with Gasteiger partial charge < -0.3 is 29.2 Å². The van der Waals surface area contributed by atoms with E-state index in [1.165, 1.54) is 11.7 Å². The summed E-state index contributed by atoms with van der Waals surface area (Å²) in [6.07, 6.45) is 1.50. The smallest absolute Gasteiger partial charge is 0.297 e. The van der Waals surface area contributed by atoms with Gasteiger partial charge in [-0.1, -0.05) is 59.3 Å². The second kappa shape index (κ2) is 13.5. The lowest BCUT2D eigenvalue weighted by Crippen LogP contribution is -2.48. The summed E-state index contributed by atoms with van der Waals surface area (Å²) in [6, 6.07) is 24.1. The number of benzene rings is 3. The molecule has 1 spiro atoms. The molecule has 0 saturated carbocycles. The molecule has 1 aromatic heterocycles. The zero-order chi connectivity index (χ0) is 36.2. The first-order chi connectivity index (χ1) is 24.4. The molecule has 5 atom stereocenters. The van der Waals surface area contributed by atoms with Gasteiger partial charge in [0.2, 0.25) is 5.91 Å².